The molecule has 2 fully saturated rings. The molecule has 0 unspecified atom stereocenters. The maximum Gasteiger partial charge on any atom is 0.352 e. The van der Waals surface area contributed by atoms with Gasteiger partial charge in [-0.15, -0.1) is 0 Å². The maximum absolute atomic E-state index is 13.7. The number of allylic oxidation sites excluding steroid dienone is 1. The number of hydrogen-bond donors (Lipinski definition) is 13. The first-order valence-corrected chi connectivity index (χ1v) is 22.8. The van der Waals surface area contributed by atoms with Gasteiger partial charge in [-0.3, -0.25) is 33.6 Å². The van der Waals surface area contributed by atoms with E-state index in [1.165, 1.54) is 7.05 Å². The van der Waals surface area contributed by atoms with E-state index in [9.17, 15) is 69.0 Å². The minimum Gasteiger partial charge on any atom is -0.497 e. The van der Waals surface area contributed by atoms with Gasteiger partial charge in [0.05, 0.1) is 57.0 Å². The van der Waals surface area contributed by atoms with E-state index in [1.54, 1.807) is 38.3 Å². The number of aliphatic hydroxyl groups is 5. The average molecular weight is 979 g/mol. The first kappa shape index (κ1) is 54.0. The molecule has 2 saturated heterocycles. The van der Waals surface area contributed by atoms with Gasteiger partial charge < -0.3 is 77.2 Å². The van der Waals surface area contributed by atoms with Crippen LogP contribution >= 0.6 is 0 Å². The Morgan fingerprint density at radius 1 is 0.829 bits per heavy atom. The van der Waals surface area contributed by atoms with Crippen molar-refractivity contribution in [1.82, 2.24) is 41.8 Å². The van der Waals surface area contributed by atoms with E-state index < -0.39 is 147 Å². The fraction of sp³-hybridized carbons (Fsp3) is 0.489. The molecular formula is C47H62N8O15. The maximum atomic E-state index is 13.7. The summed E-state index contributed by atoms with van der Waals surface area (Å²) in [5.41, 5.74) is 1.28. The second kappa shape index (κ2) is 25.1. The molecule has 7 amide bonds. The molecule has 0 radical (unpaired) electrons. The number of para-hydroxylation sites is 1. The van der Waals surface area contributed by atoms with Crippen molar-refractivity contribution in [3.63, 3.8) is 0 Å². The fourth-order valence-corrected chi connectivity index (χ4v) is 8.26. The second-order valence-corrected chi connectivity index (χ2v) is 17.5. The third-order valence-electron chi connectivity index (χ3n) is 12.3. The number of likely N-dealkylation sites (N-methyl/N-ethyl adjacent to an activating group) is 1. The number of carbonyl (C=O) groups excluding carboxylic acids is 7. The van der Waals surface area contributed by atoms with Crippen LogP contribution in [0.3, 0.4) is 0 Å². The number of fused-ring (bicyclic) bond motifs is 2. The van der Waals surface area contributed by atoms with Crippen LogP contribution in [-0.4, -0.2) is 176 Å². The molecule has 2 aliphatic rings. The molecule has 1 aromatic heterocycles. The summed E-state index contributed by atoms with van der Waals surface area (Å²) in [6.45, 7) is -0.349. The van der Waals surface area contributed by atoms with Gasteiger partial charge in [0.25, 0.3) is 11.8 Å². The van der Waals surface area contributed by atoms with E-state index in [0.29, 0.717) is 36.6 Å². The number of rotatable bonds is 13. The molecular weight excluding hydrogens is 917 g/mol. The van der Waals surface area contributed by atoms with Crippen LogP contribution in [0.5, 0.6) is 5.75 Å². The fourth-order valence-electron chi connectivity index (χ4n) is 8.26. The molecule has 3 aromatic rings. The van der Waals surface area contributed by atoms with Crippen LogP contribution in [0, 0.1) is 5.92 Å². The van der Waals surface area contributed by atoms with E-state index in [2.05, 4.69) is 36.9 Å². The van der Waals surface area contributed by atoms with Crippen molar-refractivity contribution in [2.24, 2.45) is 5.92 Å². The highest BCUT2D eigenvalue weighted by Gasteiger charge is 2.46. The Balaban J connectivity index is 1.32. The SMILES string of the molecule is COc1ccc(/C=C/CCCC[C@H](C)[C@H](O)[C@@H](O)[C@H]2NC(=O)C[C@@H](O)CNC(=O)CNC(=O)[C@@H](Cc3c(C(=O)O)[nH]c4ccccc34)NC(=O)CN(C)C(=O)C[C@H]3NC(=O)[C@H](O)[C@H]3NC(=O)[C@H]2O)cc1. The Morgan fingerprint density at radius 3 is 2.23 bits per heavy atom. The summed E-state index contributed by atoms with van der Waals surface area (Å²) in [4.78, 5) is 109. The number of hydrogen-bond acceptors (Lipinski definition) is 14. The lowest BCUT2D eigenvalue weighted by atomic mass is 9.88. The van der Waals surface area contributed by atoms with Crippen LogP contribution in [0.4, 0.5) is 0 Å². The number of nitrogens with one attached hydrogen (secondary N) is 7. The number of unbranched alkanes of at least 4 members (excludes halogenated alkanes) is 2. The van der Waals surface area contributed by atoms with Crippen LogP contribution in [-0.2, 0) is 40.0 Å². The third-order valence-corrected chi connectivity index (χ3v) is 12.3. The summed E-state index contributed by atoms with van der Waals surface area (Å²) in [6, 6.07) is 7.61. The number of carboxylic acids is 1. The van der Waals surface area contributed by atoms with Crippen molar-refractivity contribution in [1.29, 1.82) is 0 Å². The van der Waals surface area contributed by atoms with Gasteiger partial charge >= 0.3 is 5.97 Å². The van der Waals surface area contributed by atoms with Gasteiger partial charge in [0.2, 0.25) is 29.5 Å². The van der Waals surface area contributed by atoms with E-state index >= 15 is 0 Å². The molecule has 0 aliphatic carbocycles. The molecule has 23 nitrogen and oxygen atoms in total. The zero-order chi connectivity index (χ0) is 51.2. The number of aromatic amines is 1. The Labute approximate surface area is 402 Å². The topological polar surface area (TPSA) is 358 Å². The van der Waals surface area contributed by atoms with Gasteiger partial charge in [-0.05, 0) is 54.5 Å². The van der Waals surface area contributed by atoms with Gasteiger partial charge in [0.1, 0.15) is 23.6 Å². The van der Waals surface area contributed by atoms with Crippen LogP contribution in [0.1, 0.15) is 67.1 Å². The summed E-state index contributed by atoms with van der Waals surface area (Å²) in [7, 11) is 2.79. The molecule has 5 rings (SSSR count). The highest BCUT2D eigenvalue weighted by molar-refractivity contribution is 5.99. The van der Waals surface area contributed by atoms with Crippen LogP contribution in [0.15, 0.2) is 54.6 Å². The largest absolute Gasteiger partial charge is 0.497 e. The summed E-state index contributed by atoms with van der Waals surface area (Å²) in [5.74, 6) is -8.16. The molecule has 0 saturated carbocycles. The standard InChI is InChI=1S/C47H62N8O15/c1-24(10-6-4-5-7-11-25-14-16-27(70-3)17-15-25)40(61)41(62)39-43(64)46(67)54-38-31(52-45(66)42(38)63)20-36(60)55(2)23-35(59)50-32(19-29-28-12-8-9-13-30(28)51-37(29)47(68)69)44(65)49-22-34(58)48-21-26(56)18-33(57)53-39/h7-9,11-17,24,26,31-32,38-43,51,56,61-64H,4-6,10,18-23H2,1-3H3,(H,48,58)(H,49,65)(H,50,59)(H,52,66)(H,53,57)(H,54,67)(H,68,69)/b11-7+/t24-,26+,31+,32+,38-,39+,40-,41-,42+,43-/m0/s1. The number of aromatic nitrogens is 1. The number of aliphatic hydroxyl groups excluding tert-OH is 5. The molecule has 2 aliphatic heterocycles. The van der Waals surface area contributed by atoms with Crippen molar-refractivity contribution in [2.45, 2.75) is 107 Å². The van der Waals surface area contributed by atoms with Crippen molar-refractivity contribution < 1.29 is 73.7 Å². The molecule has 3 heterocycles. The van der Waals surface area contributed by atoms with Crippen LogP contribution in [0.2, 0.25) is 0 Å². The average Bonchev–Trinajstić information content (AvgIpc) is 3.83. The van der Waals surface area contributed by atoms with Crippen molar-refractivity contribution >= 4 is 64.3 Å². The van der Waals surface area contributed by atoms with Gasteiger partial charge in [-0.2, -0.15) is 0 Å². The monoisotopic (exact) mass is 978 g/mol. The first-order valence-electron chi connectivity index (χ1n) is 22.8. The van der Waals surface area contributed by atoms with Gasteiger partial charge in [-0.1, -0.05) is 55.8 Å². The number of carboxylic acid groups (broad SMARTS) is 1. The molecule has 380 valence electrons. The number of nitrogens with zero attached hydrogens (tertiary/aromatic N) is 1. The van der Waals surface area contributed by atoms with Gasteiger partial charge in [0.15, 0.2) is 12.2 Å². The smallest absolute Gasteiger partial charge is 0.352 e. The second-order valence-electron chi connectivity index (χ2n) is 17.5. The number of ether oxygens (including phenoxy) is 1. The predicted molar refractivity (Wildman–Crippen MR) is 249 cm³/mol. The zero-order valence-electron chi connectivity index (χ0n) is 38.9. The van der Waals surface area contributed by atoms with E-state index in [1.807, 2.05) is 36.4 Å². The molecule has 13 N–H and O–H groups in total. The lowest BCUT2D eigenvalue weighted by molar-refractivity contribution is -0.140. The number of amides is 7. The number of methoxy groups -OCH3 is 1. The van der Waals surface area contributed by atoms with E-state index in [0.717, 1.165) is 16.2 Å². The number of H-pyrrole nitrogens is 1. The molecule has 2 aromatic carbocycles. The third kappa shape index (κ3) is 14.6. The normalized spacial score (nSPS) is 25.2. The molecule has 23 heteroatoms. The summed E-state index contributed by atoms with van der Waals surface area (Å²) in [6.07, 6.45) is -5.07. The zero-order valence-corrected chi connectivity index (χ0v) is 38.9. The van der Waals surface area contributed by atoms with E-state index in [-0.39, 0.29) is 11.3 Å². The molecule has 70 heavy (non-hydrogen) atoms. The highest BCUT2D eigenvalue weighted by atomic mass is 16.5. The lowest BCUT2D eigenvalue weighted by Crippen LogP contribution is -2.62. The number of aromatic carboxylic acids is 1. The minimum atomic E-state index is -2.36. The summed E-state index contributed by atoms with van der Waals surface area (Å²) < 4.78 is 5.18. The Hall–Kier alpha value is -6.92. The predicted octanol–water partition coefficient (Wildman–Crippen LogP) is -2.43. The number of carbonyl (C=O) groups is 8. The highest BCUT2D eigenvalue weighted by Crippen LogP contribution is 2.25. The first-order chi connectivity index (χ1) is 33.3. The molecule has 0 spiro atoms. The molecule has 10 atom stereocenters. The van der Waals surface area contributed by atoms with Crippen molar-refractivity contribution in [2.75, 3.05) is 33.8 Å². The van der Waals surface area contributed by atoms with Gasteiger partial charge in [-0.25, -0.2) is 4.79 Å². The molecule has 0 bridgehead atoms. The lowest BCUT2D eigenvalue weighted by Gasteiger charge is -2.34. The Kier molecular flexibility index (Phi) is 19.4. The van der Waals surface area contributed by atoms with Crippen LogP contribution < -0.4 is 36.6 Å². The van der Waals surface area contributed by atoms with Crippen molar-refractivity contribution in [3.05, 3.63) is 71.4 Å². The van der Waals surface area contributed by atoms with Gasteiger partial charge in [0, 0.05) is 37.3 Å². The minimum absolute atomic E-state index is 0.143. The summed E-state index contributed by atoms with van der Waals surface area (Å²) >= 11 is 0. The quantitative estimate of drug-likeness (QED) is 0.0793. The Morgan fingerprint density at radius 2 is 1.53 bits per heavy atom. The van der Waals surface area contributed by atoms with Crippen molar-refractivity contribution in [3.8, 4) is 5.75 Å². The number of benzene rings is 2. The number of β-amino-alcohol motifs (C(OH)–C–C–N with tert-alkyl or cyclic N) is 1. The summed E-state index contributed by atoms with van der Waals surface area (Å²) in [5, 5.41) is 80.2. The van der Waals surface area contributed by atoms with Crippen LogP contribution in [0.25, 0.3) is 17.0 Å². The van der Waals surface area contributed by atoms with E-state index in [4.69, 9.17) is 4.74 Å². The Bertz CT molecular complexity index is 2390.